The second-order valence-electron chi connectivity index (χ2n) is 4.96. The molecule has 0 radical (unpaired) electrons. The molecule has 5 nitrogen and oxygen atoms in total. The fourth-order valence-corrected chi connectivity index (χ4v) is 2.63. The predicted octanol–water partition coefficient (Wildman–Crippen LogP) is 2.79. The highest BCUT2D eigenvalue weighted by molar-refractivity contribution is 5.53. The molecule has 0 spiro atoms. The highest BCUT2D eigenvalue weighted by atomic mass is 16.5. The number of nitriles is 1. The van der Waals surface area contributed by atoms with Crippen LogP contribution < -0.4 is 0 Å². The SMILES string of the molecule is N#CCN1CCCC[C@H]1c1nc(-c2ccccc2)no1. The third kappa shape index (κ3) is 2.56. The lowest BCUT2D eigenvalue weighted by molar-refractivity contribution is 0.135. The average Bonchev–Trinajstić information content (AvgIpc) is 2.99. The van der Waals surface area contributed by atoms with E-state index in [0.29, 0.717) is 18.3 Å². The van der Waals surface area contributed by atoms with Crippen LogP contribution in [0.25, 0.3) is 11.4 Å². The van der Waals surface area contributed by atoms with Crippen molar-refractivity contribution in [1.29, 1.82) is 5.26 Å². The molecule has 0 saturated carbocycles. The quantitative estimate of drug-likeness (QED) is 0.801. The van der Waals surface area contributed by atoms with Gasteiger partial charge in [-0.15, -0.1) is 0 Å². The first-order valence-electron chi connectivity index (χ1n) is 6.88. The summed E-state index contributed by atoms with van der Waals surface area (Å²) in [4.78, 5) is 6.62. The van der Waals surface area contributed by atoms with Gasteiger partial charge in [-0.25, -0.2) is 0 Å². The Morgan fingerprint density at radius 3 is 2.95 bits per heavy atom. The van der Waals surface area contributed by atoms with Gasteiger partial charge in [-0.1, -0.05) is 41.9 Å². The van der Waals surface area contributed by atoms with Crippen LogP contribution in [0.2, 0.25) is 0 Å². The minimum atomic E-state index is 0.0772. The van der Waals surface area contributed by atoms with Crippen LogP contribution in [-0.2, 0) is 0 Å². The zero-order valence-electron chi connectivity index (χ0n) is 11.2. The Balaban J connectivity index is 1.84. The molecule has 2 aromatic rings. The van der Waals surface area contributed by atoms with Crippen molar-refractivity contribution in [3.05, 3.63) is 36.2 Å². The van der Waals surface area contributed by atoms with E-state index in [1.54, 1.807) is 0 Å². The topological polar surface area (TPSA) is 66.0 Å². The summed E-state index contributed by atoms with van der Waals surface area (Å²) >= 11 is 0. The van der Waals surface area contributed by atoms with Gasteiger partial charge in [-0.3, -0.25) is 4.90 Å². The number of benzene rings is 1. The van der Waals surface area contributed by atoms with Crippen LogP contribution >= 0.6 is 0 Å². The van der Waals surface area contributed by atoms with Crippen LogP contribution in [0.3, 0.4) is 0 Å². The van der Waals surface area contributed by atoms with Crippen LogP contribution in [0.15, 0.2) is 34.9 Å². The van der Waals surface area contributed by atoms with E-state index in [9.17, 15) is 0 Å². The summed E-state index contributed by atoms with van der Waals surface area (Å²) in [6.07, 6.45) is 3.23. The van der Waals surface area contributed by atoms with Crippen molar-refractivity contribution in [1.82, 2.24) is 15.0 Å². The van der Waals surface area contributed by atoms with Crippen LogP contribution in [-0.4, -0.2) is 28.1 Å². The fourth-order valence-electron chi connectivity index (χ4n) is 2.63. The number of hydrogen-bond acceptors (Lipinski definition) is 5. The van der Waals surface area contributed by atoms with Crippen molar-refractivity contribution in [3.63, 3.8) is 0 Å². The van der Waals surface area contributed by atoms with Gasteiger partial charge in [-0.05, 0) is 19.4 Å². The minimum absolute atomic E-state index is 0.0772. The van der Waals surface area contributed by atoms with Gasteiger partial charge < -0.3 is 4.52 Å². The molecule has 2 heterocycles. The molecule has 1 aromatic carbocycles. The first kappa shape index (κ1) is 12.8. The molecule has 0 N–H and O–H groups in total. The molecular formula is C15H16N4O. The second kappa shape index (κ2) is 5.85. The molecule has 1 atom stereocenters. The summed E-state index contributed by atoms with van der Waals surface area (Å²) in [5, 5.41) is 13.0. The lowest BCUT2D eigenvalue weighted by atomic mass is 10.0. The van der Waals surface area contributed by atoms with E-state index in [2.05, 4.69) is 21.1 Å². The second-order valence-corrected chi connectivity index (χ2v) is 4.96. The Hall–Kier alpha value is -2.19. The molecule has 1 aromatic heterocycles. The van der Waals surface area contributed by atoms with E-state index in [1.165, 1.54) is 0 Å². The number of likely N-dealkylation sites (tertiary alicyclic amines) is 1. The van der Waals surface area contributed by atoms with Crippen molar-refractivity contribution in [2.75, 3.05) is 13.1 Å². The first-order chi connectivity index (χ1) is 9.88. The van der Waals surface area contributed by atoms with Gasteiger partial charge in [0.15, 0.2) is 0 Å². The van der Waals surface area contributed by atoms with E-state index in [1.807, 2.05) is 30.3 Å². The van der Waals surface area contributed by atoms with Gasteiger partial charge in [-0.2, -0.15) is 10.2 Å². The summed E-state index contributed by atoms with van der Waals surface area (Å²) in [5.41, 5.74) is 0.949. The number of rotatable bonds is 3. The van der Waals surface area contributed by atoms with Crippen molar-refractivity contribution >= 4 is 0 Å². The van der Waals surface area contributed by atoms with E-state index in [-0.39, 0.29) is 6.04 Å². The number of aromatic nitrogens is 2. The zero-order valence-corrected chi connectivity index (χ0v) is 11.2. The first-order valence-corrected chi connectivity index (χ1v) is 6.88. The molecule has 0 unspecified atom stereocenters. The molecule has 0 bridgehead atoms. The molecule has 0 aliphatic carbocycles. The molecule has 102 valence electrons. The molecular weight excluding hydrogens is 252 g/mol. The van der Waals surface area contributed by atoms with Gasteiger partial charge in [0.25, 0.3) is 0 Å². The Kier molecular flexibility index (Phi) is 3.75. The van der Waals surface area contributed by atoms with Crippen LogP contribution in [0.4, 0.5) is 0 Å². The summed E-state index contributed by atoms with van der Waals surface area (Å²) in [7, 11) is 0. The molecule has 3 rings (SSSR count). The third-order valence-electron chi connectivity index (χ3n) is 3.65. The minimum Gasteiger partial charge on any atom is -0.337 e. The van der Waals surface area contributed by atoms with Gasteiger partial charge >= 0.3 is 0 Å². The smallest absolute Gasteiger partial charge is 0.244 e. The highest BCUT2D eigenvalue weighted by Gasteiger charge is 2.28. The lowest BCUT2D eigenvalue weighted by Gasteiger charge is -2.30. The molecule has 0 amide bonds. The van der Waals surface area contributed by atoms with Crippen LogP contribution in [0, 0.1) is 11.3 Å². The zero-order chi connectivity index (χ0) is 13.8. The Labute approximate surface area is 117 Å². The Morgan fingerprint density at radius 1 is 1.30 bits per heavy atom. The standard InChI is InChI=1S/C15H16N4O/c16-9-11-19-10-5-4-8-13(19)15-17-14(18-20-15)12-6-2-1-3-7-12/h1-3,6-7,13H,4-5,8,10-11H2/t13-/m0/s1. The molecule has 5 heteroatoms. The van der Waals surface area contributed by atoms with Gasteiger partial charge in [0, 0.05) is 5.56 Å². The van der Waals surface area contributed by atoms with Crippen molar-refractivity contribution < 1.29 is 4.52 Å². The van der Waals surface area contributed by atoms with Crippen LogP contribution in [0.1, 0.15) is 31.2 Å². The van der Waals surface area contributed by atoms with Crippen LogP contribution in [0.5, 0.6) is 0 Å². The van der Waals surface area contributed by atoms with E-state index < -0.39 is 0 Å². The molecule has 1 saturated heterocycles. The van der Waals surface area contributed by atoms with Crippen molar-refractivity contribution in [3.8, 4) is 17.5 Å². The maximum atomic E-state index is 8.91. The maximum absolute atomic E-state index is 8.91. The molecule has 1 fully saturated rings. The fraction of sp³-hybridized carbons (Fsp3) is 0.400. The summed E-state index contributed by atoms with van der Waals surface area (Å²) < 4.78 is 5.42. The summed E-state index contributed by atoms with van der Waals surface area (Å²) in [6.45, 7) is 1.33. The van der Waals surface area contributed by atoms with Crippen molar-refractivity contribution in [2.45, 2.75) is 25.3 Å². The van der Waals surface area contributed by atoms with Gasteiger partial charge in [0.05, 0.1) is 18.7 Å². The Bertz CT molecular complexity index is 602. The van der Waals surface area contributed by atoms with E-state index in [4.69, 9.17) is 9.78 Å². The summed E-state index contributed by atoms with van der Waals surface area (Å²) in [6, 6.07) is 12.1. The van der Waals surface area contributed by atoms with E-state index >= 15 is 0 Å². The number of piperidine rings is 1. The number of hydrogen-bond donors (Lipinski definition) is 0. The van der Waals surface area contributed by atoms with Gasteiger partial charge in [0.1, 0.15) is 0 Å². The van der Waals surface area contributed by atoms with Gasteiger partial charge in [0.2, 0.25) is 11.7 Å². The summed E-state index contributed by atoms with van der Waals surface area (Å²) in [5.74, 6) is 1.24. The average molecular weight is 268 g/mol. The monoisotopic (exact) mass is 268 g/mol. The largest absolute Gasteiger partial charge is 0.337 e. The molecule has 20 heavy (non-hydrogen) atoms. The lowest BCUT2D eigenvalue weighted by Crippen LogP contribution is -2.33. The third-order valence-corrected chi connectivity index (χ3v) is 3.65. The molecule has 1 aliphatic rings. The van der Waals surface area contributed by atoms with Crippen molar-refractivity contribution in [2.24, 2.45) is 0 Å². The predicted molar refractivity (Wildman–Crippen MR) is 73.5 cm³/mol. The number of nitrogens with zero attached hydrogens (tertiary/aromatic N) is 4. The Morgan fingerprint density at radius 2 is 2.15 bits per heavy atom. The molecule has 1 aliphatic heterocycles. The normalized spacial score (nSPS) is 19.6. The van der Waals surface area contributed by atoms with E-state index in [0.717, 1.165) is 31.4 Å². The highest BCUT2D eigenvalue weighted by Crippen LogP contribution is 2.30. The maximum Gasteiger partial charge on any atom is 0.244 e.